The van der Waals surface area contributed by atoms with E-state index in [4.69, 9.17) is 17.3 Å². The second kappa shape index (κ2) is 7.75. The molecule has 0 saturated heterocycles. The van der Waals surface area contributed by atoms with Crippen LogP contribution >= 0.6 is 11.6 Å². The van der Waals surface area contributed by atoms with E-state index < -0.39 is 0 Å². The molecular weight excluding hydrogens is 318 g/mol. The smallest absolute Gasteiger partial charge is 0.0851 e. The van der Waals surface area contributed by atoms with E-state index in [9.17, 15) is 0 Å². The lowest BCUT2D eigenvalue weighted by Gasteiger charge is -2.15. The minimum absolute atomic E-state index is 0.642. The van der Waals surface area contributed by atoms with E-state index in [1.54, 1.807) is 0 Å². The summed E-state index contributed by atoms with van der Waals surface area (Å²) in [6, 6.07) is 11.8. The van der Waals surface area contributed by atoms with Crippen molar-refractivity contribution in [2.24, 2.45) is 15.7 Å². The predicted molar refractivity (Wildman–Crippen MR) is 107 cm³/mol. The van der Waals surface area contributed by atoms with Crippen LogP contribution in [-0.2, 0) is 0 Å². The van der Waals surface area contributed by atoms with Gasteiger partial charge in [-0.25, -0.2) is 0 Å². The molecule has 3 nitrogen and oxygen atoms in total. The van der Waals surface area contributed by atoms with Crippen LogP contribution in [0.15, 0.2) is 58.7 Å². The van der Waals surface area contributed by atoms with Gasteiger partial charge < -0.3 is 5.73 Å². The van der Waals surface area contributed by atoms with Gasteiger partial charge in [-0.3, -0.25) is 9.98 Å². The third-order valence-electron chi connectivity index (χ3n) is 3.95. The standard InChI is InChI=1S/C20H20ClN3/c1-5-18(23-3)17-11-7-10-16(20(17)21)14-8-6-9-15(13(14)2)19(12-22)24-4/h5-12H,3-4,22H2,1-2H3/b18-5-,19-12-. The quantitative estimate of drug-likeness (QED) is 0.736. The average molecular weight is 338 g/mol. The van der Waals surface area contributed by atoms with E-state index in [1.807, 2.05) is 56.3 Å². The maximum atomic E-state index is 6.66. The molecule has 0 aliphatic heterocycles. The maximum Gasteiger partial charge on any atom is 0.0851 e. The van der Waals surface area contributed by atoms with E-state index in [1.165, 1.54) is 6.20 Å². The van der Waals surface area contributed by atoms with Gasteiger partial charge in [0.05, 0.1) is 16.4 Å². The molecule has 0 aliphatic carbocycles. The van der Waals surface area contributed by atoms with Gasteiger partial charge in [0.15, 0.2) is 0 Å². The minimum Gasteiger partial charge on any atom is -0.403 e. The number of benzene rings is 2. The summed E-state index contributed by atoms with van der Waals surface area (Å²) in [5, 5.41) is 0.642. The first-order chi connectivity index (χ1) is 11.6. The lowest BCUT2D eigenvalue weighted by molar-refractivity contribution is 1.37. The van der Waals surface area contributed by atoms with Gasteiger partial charge in [-0.2, -0.15) is 0 Å². The molecule has 24 heavy (non-hydrogen) atoms. The van der Waals surface area contributed by atoms with Crippen molar-refractivity contribution in [1.29, 1.82) is 0 Å². The van der Waals surface area contributed by atoms with E-state index >= 15 is 0 Å². The van der Waals surface area contributed by atoms with E-state index in [-0.39, 0.29) is 0 Å². The highest BCUT2D eigenvalue weighted by Gasteiger charge is 2.14. The first-order valence-corrected chi connectivity index (χ1v) is 7.87. The molecule has 0 heterocycles. The highest BCUT2D eigenvalue weighted by molar-refractivity contribution is 6.35. The van der Waals surface area contributed by atoms with Gasteiger partial charge in [0.1, 0.15) is 0 Å². The SMILES string of the molecule is C=N/C(=C\N)c1cccc(-c2cccc(/C(=C/C)N=C)c2Cl)c1C. The normalized spacial score (nSPS) is 12.1. The summed E-state index contributed by atoms with van der Waals surface area (Å²) in [4.78, 5) is 8.03. The Bertz CT molecular complexity index is 776. The van der Waals surface area contributed by atoms with Crippen LogP contribution in [0.2, 0.25) is 5.02 Å². The minimum atomic E-state index is 0.642. The Morgan fingerprint density at radius 3 is 2.12 bits per heavy atom. The van der Waals surface area contributed by atoms with Crippen molar-refractivity contribution in [3.8, 4) is 11.1 Å². The Balaban J connectivity index is 2.71. The molecule has 0 bridgehead atoms. The summed E-state index contributed by atoms with van der Waals surface area (Å²) in [6.07, 6.45) is 3.34. The van der Waals surface area contributed by atoms with Crippen LogP contribution in [0.5, 0.6) is 0 Å². The van der Waals surface area contributed by atoms with Crippen LogP contribution in [0.25, 0.3) is 22.5 Å². The summed E-state index contributed by atoms with van der Waals surface area (Å²) in [7, 11) is 0. The topological polar surface area (TPSA) is 50.7 Å². The third kappa shape index (κ3) is 3.17. The lowest BCUT2D eigenvalue weighted by atomic mass is 9.93. The Morgan fingerprint density at radius 2 is 1.58 bits per heavy atom. The summed E-state index contributed by atoms with van der Waals surface area (Å²) in [6.45, 7) is 11.1. The Kier molecular flexibility index (Phi) is 5.72. The van der Waals surface area contributed by atoms with Gasteiger partial charge in [-0.05, 0) is 38.4 Å². The molecule has 0 radical (unpaired) electrons. The molecule has 0 aliphatic rings. The largest absolute Gasteiger partial charge is 0.403 e. The molecule has 4 heteroatoms. The van der Waals surface area contributed by atoms with E-state index in [0.717, 1.165) is 33.5 Å². The first kappa shape index (κ1) is 17.7. The molecule has 0 saturated carbocycles. The Hall–Kier alpha value is -2.65. The van der Waals surface area contributed by atoms with E-state index in [2.05, 4.69) is 23.4 Å². The van der Waals surface area contributed by atoms with Crippen molar-refractivity contribution in [2.75, 3.05) is 0 Å². The molecule has 0 spiro atoms. The van der Waals surface area contributed by atoms with Gasteiger partial charge in [-0.1, -0.05) is 54.1 Å². The fourth-order valence-corrected chi connectivity index (χ4v) is 3.03. The van der Waals surface area contributed by atoms with Crippen molar-refractivity contribution >= 4 is 36.4 Å². The highest BCUT2D eigenvalue weighted by atomic mass is 35.5. The molecule has 0 atom stereocenters. The van der Waals surface area contributed by atoms with Gasteiger partial charge in [0.2, 0.25) is 0 Å². The number of hydrogen-bond donors (Lipinski definition) is 1. The van der Waals surface area contributed by atoms with Crippen LogP contribution in [0.4, 0.5) is 0 Å². The summed E-state index contributed by atoms with van der Waals surface area (Å²) in [5.41, 5.74) is 11.8. The van der Waals surface area contributed by atoms with Gasteiger partial charge >= 0.3 is 0 Å². The van der Waals surface area contributed by atoms with Crippen molar-refractivity contribution < 1.29 is 0 Å². The highest BCUT2D eigenvalue weighted by Crippen LogP contribution is 2.37. The molecule has 0 aromatic heterocycles. The molecule has 122 valence electrons. The molecule has 2 aromatic rings. The Labute approximate surface area is 147 Å². The fraction of sp³-hybridized carbons (Fsp3) is 0.100. The van der Waals surface area contributed by atoms with Crippen LogP contribution in [0.1, 0.15) is 23.6 Å². The van der Waals surface area contributed by atoms with Crippen LogP contribution in [0.3, 0.4) is 0 Å². The van der Waals surface area contributed by atoms with Crippen LogP contribution in [-0.4, -0.2) is 13.4 Å². The van der Waals surface area contributed by atoms with Crippen LogP contribution in [0, 0.1) is 6.92 Å². The average Bonchev–Trinajstić information content (AvgIpc) is 2.60. The van der Waals surface area contributed by atoms with Crippen molar-refractivity contribution in [3.05, 3.63) is 70.4 Å². The summed E-state index contributed by atoms with van der Waals surface area (Å²) >= 11 is 6.66. The van der Waals surface area contributed by atoms with Crippen molar-refractivity contribution in [3.63, 3.8) is 0 Å². The van der Waals surface area contributed by atoms with Crippen molar-refractivity contribution in [2.45, 2.75) is 13.8 Å². The second-order valence-corrected chi connectivity index (χ2v) is 5.57. The number of rotatable bonds is 5. The molecule has 0 unspecified atom stereocenters. The number of aliphatic imine (C=N–C) groups is 2. The number of nitrogens with two attached hydrogens (primary N) is 1. The van der Waals surface area contributed by atoms with Crippen molar-refractivity contribution in [1.82, 2.24) is 0 Å². The molecular formula is C20H20ClN3. The molecule has 2 N–H and O–H groups in total. The molecule has 0 amide bonds. The number of nitrogens with zero attached hydrogens (tertiary/aromatic N) is 2. The molecule has 0 fully saturated rings. The number of halogens is 1. The molecule has 2 rings (SSSR count). The third-order valence-corrected chi connectivity index (χ3v) is 4.35. The summed E-state index contributed by atoms with van der Waals surface area (Å²) < 4.78 is 0. The zero-order valence-electron chi connectivity index (χ0n) is 13.9. The fourth-order valence-electron chi connectivity index (χ4n) is 2.70. The predicted octanol–water partition coefficient (Wildman–Crippen LogP) is 5.33. The lowest BCUT2D eigenvalue weighted by Crippen LogP contribution is -1.95. The molecule has 2 aromatic carbocycles. The zero-order valence-corrected chi connectivity index (χ0v) is 14.6. The number of hydrogen-bond acceptors (Lipinski definition) is 3. The van der Waals surface area contributed by atoms with Gasteiger partial charge in [-0.15, -0.1) is 0 Å². The number of allylic oxidation sites excluding steroid dienone is 1. The van der Waals surface area contributed by atoms with E-state index in [0.29, 0.717) is 10.7 Å². The summed E-state index contributed by atoms with van der Waals surface area (Å²) in [5.74, 6) is 0. The van der Waals surface area contributed by atoms with Gasteiger partial charge in [0, 0.05) is 22.9 Å². The maximum absolute atomic E-state index is 6.66. The zero-order chi connectivity index (χ0) is 17.7. The van der Waals surface area contributed by atoms with Gasteiger partial charge in [0.25, 0.3) is 0 Å². The van der Waals surface area contributed by atoms with Crippen LogP contribution < -0.4 is 5.73 Å². The second-order valence-electron chi connectivity index (χ2n) is 5.19. The first-order valence-electron chi connectivity index (χ1n) is 7.49. The Morgan fingerprint density at radius 1 is 1.00 bits per heavy atom. The monoisotopic (exact) mass is 337 g/mol.